The standard InChI is InChI=1S/C22H22FN3.C2H6/c1-5-18(22-20(23)10-8-12-25-22)13-15(2)16(3)17(4)26-21-11-7-6-9-19(21)14-24;1-2/h6-13,26H,4-5H2,1-3H3;1-2H3/b16-15+,18-13+;. The van der Waals surface area contributed by atoms with Crippen molar-refractivity contribution in [3.05, 3.63) is 89.2 Å². The van der Waals surface area contributed by atoms with Crippen molar-refractivity contribution >= 4 is 11.3 Å². The van der Waals surface area contributed by atoms with Crippen LogP contribution in [-0.2, 0) is 0 Å². The monoisotopic (exact) mass is 377 g/mol. The highest BCUT2D eigenvalue weighted by Crippen LogP contribution is 2.24. The zero-order chi connectivity index (χ0) is 21.1. The zero-order valence-corrected chi connectivity index (χ0v) is 17.3. The molecule has 146 valence electrons. The Balaban J connectivity index is 0.00000190. The average Bonchev–Trinajstić information content (AvgIpc) is 2.73. The van der Waals surface area contributed by atoms with Crippen molar-refractivity contribution in [3.63, 3.8) is 0 Å². The summed E-state index contributed by atoms with van der Waals surface area (Å²) < 4.78 is 14.0. The number of hydrogen-bond acceptors (Lipinski definition) is 3. The lowest BCUT2D eigenvalue weighted by molar-refractivity contribution is 0.615. The van der Waals surface area contributed by atoms with E-state index in [1.165, 1.54) is 6.07 Å². The second kappa shape index (κ2) is 11.5. The molecule has 1 aromatic heterocycles. The van der Waals surface area contributed by atoms with E-state index >= 15 is 0 Å². The summed E-state index contributed by atoms with van der Waals surface area (Å²) in [5.41, 5.74) is 5.04. The fourth-order valence-corrected chi connectivity index (χ4v) is 2.51. The number of nitrogens with one attached hydrogen (secondary N) is 1. The van der Waals surface area contributed by atoms with E-state index in [0.717, 1.165) is 16.7 Å². The van der Waals surface area contributed by atoms with Crippen LogP contribution < -0.4 is 5.32 Å². The Bertz CT molecular complexity index is 917. The maximum absolute atomic E-state index is 14.0. The highest BCUT2D eigenvalue weighted by Gasteiger charge is 2.09. The van der Waals surface area contributed by atoms with E-state index in [4.69, 9.17) is 0 Å². The van der Waals surface area contributed by atoms with Gasteiger partial charge in [-0.2, -0.15) is 5.26 Å². The molecule has 0 saturated heterocycles. The lowest BCUT2D eigenvalue weighted by Crippen LogP contribution is -2.03. The molecule has 0 fully saturated rings. The van der Waals surface area contributed by atoms with Gasteiger partial charge in [-0.25, -0.2) is 4.39 Å². The lowest BCUT2D eigenvalue weighted by atomic mass is 10.0. The van der Waals surface area contributed by atoms with Gasteiger partial charge in [0.2, 0.25) is 0 Å². The Morgan fingerprint density at radius 1 is 1.21 bits per heavy atom. The normalized spacial score (nSPS) is 11.5. The first-order valence-electron chi connectivity index (χ1n) is 9.42. The molecule has 0 aliphatic carbocycles. The molecule has 4 heteroatoms. The fourth-order valence-electron chi connectivity index (χ4n) is 2.51. The van der Waals surface area contributed by atoms with Crippen LogP contribution in [0.15, 0.2) is 72.1 Å². The summed E-state index contributed by atoms with van der Waals surface area (Å²) in [6, 6.07) is 12.4. The van der Waals surface area contributed by atoms with Crippen LogP contribution >= 0.6 is 0 Å². The molecule has 1 heterocycles. The van der Waals surface area contributed by atoms with E-state index in [1.54, 1.807) is 18.3 Å². The molecule has 0 spiro atoms. The second-order valence-electron chi connectivity index (χ2n) is 5.93. The first-order chi connectivity index (χ1) is 13.5. The molecule has 0 bridgehead atoms. The van der Waals surface area contributed by atoms with Crippen LogP contribution in [0.5, 0.6) is 0 Å². The number of aromatic nitrogens is 1. The topological polar surface area (TPSA) is 48.7 Å². The third-order valence-electron chi connectivity index (χ3n) is 4.21. The number of benzene rings is 1. The number of nitrogens with zero attached hydrogens (tertiary/aromatic N) is 2. The fraction of sp³-hybridized carbons (Fsp3) is 0.250. The SMILES string of the molecule is C=C(Nc1ccccc1C#N)/C(C)=C(C)/C=C(\CC)c1ncccc1F.CC. The molecular formula is C24H28FN3. The van der Waals surface area contributed by atoms with Crippen LogP contribution in [0.4, 0.5) is 10.1 Å². The van der Waals surface area contributed by atoms with Crippen LogP contribution in [0.1, 0.15) is 52.3 Å². The van der Waals surface area contributed by atoms with E-state index in [9.17, 15) is 9.65 Å². The zero-order valence-electron chi connectivity index (χ0n) is 17.3. The summed E-state index contributed by atoms with van der Waals surface area (Å²) in [5, 5.41) is 12.4. The smallest absolute Gasteiger partial charge is 0.149 e. The Morgan fingerprint density at radius 3 is 2.50 bits per heavy atom. The van der Waals surface area contributed by atoms with Gasteiger partial charge in [0, 0.05) is 11.9 Å². The summed E-state index contributed by atoms with van der Waals surface area (Å²) in [5.74, 6) is -0.328. The van der Waals surface area contributed by atoms with Gasteiger partial charge >= 0.3 is 0 Å². The first-order valence-corrected chi connectivity index (χ1v) is 9.42. The Labute approximate surface area is 167 Å². The molecule has 1 N–H and O–H groups in total. The van der Waals surface area contributed by atoms with Crippen LogP contribution in [0.3, 0.4) is 0 Å². The summed E-state index contributed by atoms with van der Waals surface area (Å²) in [4.78, 5) is 4.16. The number of rotatable bonds is 6. The molecule has 28 heavy (non-hydrogen) atoms. The van der Waals surface area contributed by atoms with Crippen LogP contribution in [-0.4, -0.2) is 4.98 Å². The molecule has 0 aliphatic rings. The van der Waals surface area contributed by atoms with E-state index in [0.29, 0.717) is 29.1 Å². The lowest BCUT2D eigenvalue weighted by Gasteiger charge is -2.14. The minimum Gasteiger partial charge on any atom is -0.355 e. The van der Waals surface area contributed by atoms with Gasteiger partial charge in [-0.15, -0.1) is 0 Å². The Hall–Kier alpha value is -3.19. The summed E-state index contributed by atoms with van der Waals surface area (Å²) in [6.45, 7) is 13.9. The van der Waals surface area contributed by atoms with Crippen molar-refractivity contribution in [1.29, 1.82) is 5.26 Å². The number of para-hydroxylation sites is 1. The number of anilines is 1. The van der Waals surface area contributed by atoms with E-state index in [1.807, 2.05) is 58.9 Å². The predicted molar refractivity (Wildman–Crippen MR) is 116 cm³/mol. The average molecular weight is 378 g/mol. The molecule has 0 radical (unpaired) electrons. The van der Waals surface area contributed by atoms with Crippen LogP contribution in [0.25, 0.3) is 5.57 Å². The van der Waals surface area contributed by atoms with E-state index in [2.05, 4.69) is 22.9 Å². The quantitative estimate of drug-likeness (QED) is 0.559. The van der Waals surface area contributed by atoms with E-state index in [-0.39, 0.29) is 5.82 Å². The third-order valence-corrected chi connectivity index (χ3v) is 4.21. The van der Waals surface area contributed by atoms with Gasteiger partial charge in [0.25, 0.3) is 0 Å². The summed E-state index contributed by atoms with van der Waals surface area (Å²) in [6.07, 6.45) is 4.19. The molecule has 0 unspecified atom stereocenters. The van der Waals surface area contributed by atoms with Gasteiger partial charge in [0.05, 0.1) is 11.3 Å². The molecule has 0 atom stereocenters. The molecule has 1 aromatic carbocycles. The van der Waals surface area contributed by atoms with Gasteiger partial charge in [0.1, 0.15) is 17.6 Å². The van der Waals surface area contributed by atoms with Gasteiger partial charge < -0.3 is 5.32 Å². The maximum atomic E-state index is 14.0. The third kappa shape index (κ3) is 5.92. The minimum atomic E-state index is -0.328. The van der Waals surface area contributed by atoms with Gasteiger partial charge in [-0.3, -0.25) is 4.98 Å². The largest absolute Gasteiger partial charge is 0.355 e. The Kier molecular flexibility index (Phi) is 9.39. The van der Waals surface area contributed by atoms with Crippen LogP contribution in [0, 0.1) is 17.1 Å². The minimum absolute atomic E-state index is 0.328. The maximum Gasteiger partial charge on any atom is 0.149 e. The number of pyridine rings is 1. The highest BCUT2D eigenvalue weighted by atomic mass is 19.1. The van der Waals surface area contributed by atoms with Crippen molar-refractivity contribution in [2.45, 2.75) is 41.0 Å². The van der Waals surface area contributed by atoms with Crippen molar-refractivity contribution in [2.24, 2.45) is 0 Å². The Morgan fingerprint density at radius 2 is 1.89 bits per heavy atom. The molecule has 2 rings (SSSR count). The number of nitriles is 1. The molecule has 0 amide bonds. The van der Waals surface area contributed by atoms with Crippen LogP contribution in [0.2, 0.25) is 0 Å². The predicted octanol–water partition coefficient (Wildman–Crippen LogP) is 6.87. The molecule has 2 aromatic rings. The molecule has 0 aliphatic heterocycles. The summed E-state index contributed by atoms with van der Waals surface area (Å²) >= 11 is 0. The second-order valence-corrected chi connectivity index (χ2v) is 5.93. The number of allylic oxidation sites excluding steroid dienone is 4. The summed E-state index contributed by atoms with van der Waals surface area (Å²) in [7, 11) is 0. The van der Waals surface area contributed by atoms with Crippen molar-refractivity contribution in [3.8, 4) is 6.07 Å². The first kappa shape index (κ1) is 22.9. The molecule has 3 nitrogen and oxygen atoms in total. The number of hydrogen-bond donors (Lipinski definition) is 1. The van der Waals surface area contributed by atoms with Gasteiger partial charge in [0.15, 0.2) is 0 Å². The van der Waals surface area contributed by atoms with E-state index < -0.39 is 0 Å². The van der Waals surface area contributed by atoms with Gasteiger partial charge in [-0.1, -0.05) is 45.6 Å². The molecular weight excluding hydrogens is 349 g/mol. The van der Waals surface area contributed by atoms with Gasteiger partial charge in [-0.05, 0) is 61.3 Å². The van der Waals surface area contributed by atoms with Crippen molar-refractivity contribution in [1.82, 2.24) is 4.98 Å². The number of halogens is 1. The van der Waals surface area contributed by atoms with Crippen molar-refractivity contribution < 1.29 is 4.39 Å². The highest BCUT2D eigenvalue weighted by molar-refractivity contribution is 5.67. The molecule has 0 saturated carbocycles. The van der Waals surface area contributed by atoms with Crippen molar-refractivity contribution in [2.75, 3.05) is 5.32 Å².